The van der Waals surface area contributed by atoms with E-state index in [1.165, 1.54) is 0 Å². The second-order valence-electron chi connectivity index (χ2n) is 5.68. The third-order valence-corrected chi connectivity index (χ3v) is 4.29. The molecule has 2 N–H and O–H groups in total. The van der Waals surface area contributed by atoms with Crippen LogP contribution in [0.1, 0.15) is 43.4 Å². The van der Waals surface area contributed by atoms with E-state index in [-0.39, 0.29) is 18.9 Å². The van der Waals surface area contributed by atoms with Gasteiger partial charge in [-0.15, -0.1) is 0 Å². The van der Waals surface area contributed by atoms with Crippen LogP contribution in [0.4, 0.5) is 0 Å². The number of carboxylic acids is 1. The summed E-state index contributed by atoms with van der Waals surface area (Å²) in [4.78, 5) is 23.5. The molecule has 1 amide bonds. The third-order valence-electron chi connectivity index (χ3n) is 4.29. The number of rotatable bonds is 7. The lowest BCUT2D eigenvalue weighted by Crippen LogP contribution is -2.42. The molecule has 0 bridgehead atoms. The first-order chi connectivity index (χ1) is 9.84. The summed E-state index contributed by atoms with van der Waals surface area (Å²) in [5, 5.41) is 12.1. The van der Waals surface area contributed by atoms with Crippen LogP contribution in [0.2, 0.25) is 0 Å². The fraction of sp³-hybridized carbons (Fsp3) is 0.529. The number of hydrogen-bond donors (Lipinski definition) is 2. The fourth-order valence-electron chi connectivity index (χ4n) is 2.37. The van der Waals surface area contributed by atoms with Crippen molar-refractivity contribution in [2.24, 2.45) is 5.41 Å². The summed E-state index contributed by atoms with van der Waals surface area (Å²) in [5.41, 5.74) is 2.31. The van der Waals surface area contributed by atoms with Gasteiger partial charge in [-0.1, -0.05) is 37.6 Å². The average molecular weight is 291 g/mol. The molecule has 0 aromatic heterocycles. The fourth-order valence-corrected chi connectivity index (χ4v) is 2.37. The Labute approximate surface area is 126 Å². The standard InChI is InChI=1S/C17H25NO3/c1-5-17(6-2,16(20)21)11-18-15(19)10-14-9-12(3)7-8-13(14)4/h7-9H,5-6,10-11H2,1-4H3,(H,18,19)(H,20,21). The van der Waals surface area contributed by atoms with Crippen LogP contribution in [0.3, 0.4) is 0 Å². The minimum atomic E-state index is -0.864. The minimum Gasteiger partial charge on any atom is -0.481 e. The molecule has 1 aromatic rings. The van der Waals surface area contributed by atoms with Crippen molar-refractivity contribution in [3.63, 3.8) is 0 Å². The van der Waals surface area contributed by atoms with E-state index >= 15 is 0 Å². The Bertz CT molecular complexity index is 519. The zero-order valence-corrected chi connectivity index (χ0v) is 13.3. The summed E-state index contributed by atoms with van der Waals surface area (Å²) in [7, 11) is 0. The Kier molecular flexibility index (Phi) is 5.94. The van der Waals surface area contributed by atoms with E-state index in [9.17, 15) is 14.7 Å². The lowest BCUT2D eigenvalue weighted by molar-refractivity contribution is -0.149. The number of amides is 1. The largest absolute Gasteiger partial charge is 0.481 e. The van der Waals surface area contributed by atoms with Crippen molar-refractivity contribution >= 4 is 11.9 Å². The van der Waals surface area contributed by atoms with Gasteiger partial charge in [-0.05, 0) is 37.8 Å². The highest BCUT2D eigenvalue weighted by atomic mass is 16.4. The summed E-state index contributed by atoms with van der Waals surface area (Å²) in [6, 6.07) is 6.01. The van der Waals surface area contributed by atoms with E-state index in [0.29, 0.717) is 12.8 Å². The Hall–Kier alpha value is -1.84. The number of hydrogen-bond acceptors (Lipinski definition) is 2. The van der Waals surface area contributed by atoms with Crippen LogP contribution in [0.15, 0.2) is 18.2 Å². The predicted octanol–water partition coefficient (Wildman–Crippen LogP) is 2.85. The number of carboxylic acid groups (broad SMARTS) is 1. The number of aliphatic carboxylic acids is 1. The zero-order valence-electron chi connectivity index (χ0n) is 13.3. The maximum Gasteiger partial charge on any atom is 0.311 e. The van der Waals surface area contributed by atoms with Crippen molar-refractivity contribution in [2.45, 2.75) is 47.0 Å². The molecule has 0 saturated carbocycles. The molecule has 0 atom stereocenters. The van der Waals surface area contributed by atoms with E-state index in [0.717, 1.165) is 16.7 Å². The summed E-state index contributed by atoms with van der Waals surface area (Å²) in [6.07, 6.45) is 1.29. The molecule has 0 fully saturated rings. The first-order valence-corrected chi connectivity index (χ1v) is 7.41. The molecule has 0 saturated heterocycles. The van der Waals surface area contributed by atoms with Crippen LogP contribution in [0.25, 0.3) is 0 Å². The minimum absolute atomic E-state index is 0.128. The number of carbonyl (C=O) groups is 2. The molecule has 0 spiro atoms. The highest BCUT2D eigenvalue weighted by Gasteiger charge is 2.35. The monoisotopic (exact) mass is 291 g/mol. The van der Waals surface area contributed by atoms with Crippen LogP contribution in [-0.4, -0.2) is 23.5 Å². The van der Waals surface area contributed by atoms with Gasteiger partial charge in [0.15, 0.2) is 0 Å². The molecule has 0 aliphatic carbocycles. The summed E-state index contributed by atoms with van der Waals surface area (Å²) in [6.45, 7) is 7.83. The van der Waals surface area contributed by atoms with Crippen molar-refractivity contribution < 1.29 is 14.7 Å². The van der Waals surface area contributed by atoms with Crippen LogP contribution in [0, 0.1) is 19.3 Å². The number of aryl methyl sites for hydroxylation is 2. The summed E-state index contributed by atoms with van der Waals surface area (Å²) in [5.74, 6) is -0.976. The van der Waals surface area contributed by atoms with Crippen LogP contribution >= 0.6 is 0 Å². The first kappa shape index (κ1) is 17.2. The van der Waals surface area contributed by atoms with Gasteiger partial charge in [0, 0.05) is 6.54 Å². The van der Waals surface area contributed by atoms with E-state index in [1.54, 1.807) is 0 Å². The van der Waals surface area contributed by atoms with Crippen LogP contribution < -0.4 is 5.32 Å². The van der Waals surface area contributed by atoms with Gasteiger partial charge in [0.25, 0.3) is 0 Å². The Morgan fingerprint density at radius 1 is 1.19 bits per heavy atom. The van der Waals surface area contributed by atoms with Gasteiger partial charge in [-0.2, -0.15) is 0 Å². The highest BCUT2D eigenvalue weighted by Crippen LogP contribution is 2.25. The maximum absolute atomic E-state index is 12.1. The molecule has 4 nitrogen and oxygen atoms in total. The third kappa shape index (κ3) is 4.31. The van der Waals surface area contributed by atoms with Crippen molar-refractivity contribution in [1.29, 1.82) is 0 Å². The molecular weight excluding hydrogens is 266 g/mol. The van der Waals surface area contributed by atoms with Gasteiger partial charge in [0.2, 0.25) is 5.91 Å². The molecule has 1 rings (SSSR count). The topological polar surface area (TPSA) is 66.4 Å². The zero-order chi connectivity index (χ0) is 16.0. The van der Waals surface area contributed by atoms with Gasteiger partial charge >= 0.3 is 5.97 Å². The first-order valence-electron chi connectivity index (χ1n) is 7.41. The smallest absolute Gasteiger partial charge is 0.311 e. The van der Waals surface area contributed by atoms with Crippen LogP contribution in [0.5, 0.6) is 0 Å². The molecule has 0 aliphatic rings. The van der Waals surface area contributed by atoms with Crippen molar-refractivity contribution in [3.05, 3.63) is 34.9 Å². The summed E-state index contributed by atoms with van der Waals surface area (Å²) < 4.78 is 0. The number of carbonyl (C=O) groups excluding carboxylic acids is 1. The van der Waals surface area contributed by atoms with Gasteiger partial charge in [0.1, 0.15) is 0 Å². The Morgan fingerprint density at radius 2 is 1.81 bits per heavy atom. The van der Waals surface area contributed by atoms with E-state index in [2.05, 4.69) is 5.32 Å². The lowest BCUT2D eigenvalue weighted by atomic mass is 9.82. The maximum atomic E-state index is 12.1. The molecular formula is C17H25NO3. The molecule has 21 heavy (non-hydrogen) atoms. The summed E-state index contributed by atoms with van der Waals surface area (Å²) >= 11 is 0. The van der Waals surface area contributed by atoms with Gasteiger partial charge in [-0.3, -0.25) is 9.59 Å². The van der Waals surface area contributed by atoms with Gasteiger partial charge in [0.05, 0.1) is 11.8 Å². The lowest BCUT2D eigenvalue weighted by Gasteiger charge is -2.26. The normalized spacial score (nSPS) is 11.2. The number of benzene rings is 1. The van der Waals surface area contributed by atoms with E-state index < -0.39 is 11.4 Å². The average Bonchev–Trinajstić information content (AvgIpc) is 2.44. The van der Waals surface area contributed by atoms with Crippen molar-refractivity contribution in [2.75, 3.05) is 6.54 Å². The second-order valence-corrected chi connectivity index (χ2v) is 5.68. The van der Waals surface area contributed by atoms with E-state index in [1.807, 2.05) is 45.9 Å². The highest BCUT2D eigenvalue weighted by molar-refractivity contribution is 5.81. The predicted molar refractivity (Wildman–Crippen MR) is 83.3 cm³/mol. The number of nitrogens with one attached hydrogen (secondary N) is 1. The SMILES string of the molecule is CCC(CC)(CNC(=O)Cc1cc(C)ccc1C)C(=O)O. The van der Waals surface area contributed by atoms with Gasteiger partial charge < -0.3 is 10.4 Å². The van der Waals surface area contributed by atoms with E-state index in [4.69, 9.17) is 0 Å². The molecule has 116 valence electrons. The van der Waals surface area contributed by atoms with Gasteiger partial charge in [-0.25, -0.2) is 0 Å². The molecule has 4 heteroatoms. The Morgan fingerprint density at radius 3 is 2.33 bits per heavy atom. The molecule has 0 radical (unpaired) electrons. The van der Waals surface area contributed by atoms with Crippen molar-refractivity contribution in [1.82, 2.24) is 5.32 Å². The van der Waals surface area contributed by atoms with Crippen LogP contribution in [-0.2, 0) is 16.0 Å². The molecule has 1 aromatic carbocycles. The quantitative estimate of drug-likeness (QED) is 0.811. The molecule has 0 unspecified atom stereocenters. The van der Waals surface area contributed by atoms with Crippen molar-refractivity contribution in [3.8, 4) is 0 Å². The Balaban J connectivity index is 2.70. The molecule has 0 aliphatic heterocycles. The second kappa shape index (κ2) is 7.25. The molecule has 0 heterocycles.